The minimum Gasteiger partial charge on any atom is -0.469 e. The average Bonchev–Trinajstić information content (AvgIpc) is 3.08. The Morgan fingerprint density at radius 3 is 2.42 bits per heavy atom. The van der Waals surface area contributed by atoms with Crippen LogP contribution in [0.2, 0.25) is 0 Å². The van der Waals surface area contributed by atoms with Gasteiger partial charge in [0.25, 0.3) is 0 Å². The molecule has 0 bridgehead atoms. The molecule has 0 fully saturated rings. The van der Waals surface area contributed by atoms with E-state index in [-0.39, 0.29) is 5.97 Å². The molecule has 0 radical (unpaired) electrons. The predicted octanol–water partition coefficient (Wildman–Crippen LogP) is 8.79. The van der Waals surface area contributed by atoms with Crippen molar-refractivity contribution in [3.05, 3.63) is 71.8 Å². The molecule has 0 aliphatic heterocycles. The zero-order chi connectivity index (χ0) is 26.7. The molecule has 0 saturated carbocycles. The van der Waals surface area contributed by atoms with Crippen molar-refractivity contribution >= 4 is 39.8 Å². The topological polar surface area (TPSA) is 63.6 Å². The van der Waals surface area contributed by atoms with E-state index in [1.54, 1.807) is 0 Å². The predicted molar refractivity (Wildman–Crippen MR) is 159 cm³/mol. The summed E-state index contributed by atoms with van der Waals surface area (Å²) in [6.07, 6.45) is 15.0. The number of aryl methyl sites for hydroxylation is 2. The van der Waals surface area contributed by atoms with Gasteiger partial charge in [-0.05, 0) is 93.5 Å². The number of ether oxygens (including phenoxy) is 1. The van der Waals surface area contributed by atoms with Crippen LogP contribution in [-0.2, 0) is 16.0 Å². The van der Waals surface area contributed by atoms with E-state index in [4.69, 9.17) is 14.7 Å². The van der Waals surface area contributed by atoms with Crippen molar-refractivity contribution in [1.29, 1.82) is 0 Å². The second-order valence-electron chi connectivity index (χ2n) is 10.2. The normalized spacial score (nSPS) is 15.9. The third kappa shape index (κ3) is 7.31. The molecule has 4 rings (SSSR count). The van der Waals surface area contributed by atoms with Crippen LogP contribution < -0.4 is 5.32 Å². The SMILES string of the molecule is CCCC(=Nc1c(Nc2ccc(CCC(=O)OC)cc2)nc2ccccc2c1C)C1CCC/C=C\CCC1. The monoisotopic (exact) mass is 511 g/mol. The van der Waals surface area contributed by atoms with Crippen LogP contribution in [0.5, 0.6) is 0 Å². The Morgan fingerprint density at radius 1 is 1.03 bits per heavy atom. The summed E-state index contributed by atoms with van der Waals surface area (Å²) in [5, 5.41) is 4.71. The van der Waals surface area contributed by atoms with Gasteiger partial charge in [-0.1, -0.05) is 55.8 Å². The van der Waals surface area contributed by atoms with Gasteiger partial charge in [0.1, 0.15) is 5.69 Å². The lowest BCUT2D eigenvalue weighted by Crippen LogP contribution is -2.15. The van der Waals surface area contributed by atoms with Crippen LogP contribution in [0, 0.1) is 12.8 Å². The fourth-order valence-corrected chi connectivity index (χ4v) is 5.26. The first-order chi connectivity index (χ1) is 18.6. The first kappa shape index (κ1) is 27.6. The maximum absolute atomic E-state index is 11.5. The lowest BCUT2D eigenvalue weighted by molar-refractivity contribution is -0.140. The number of allylic oxidation sites excluding steroid dienone is 2. The number of esters is 1. The van der Waals surface area contributed by atoms with Crippen LogP contribution in [0.1, 0.15) is 75.8 Å². The summed E-state index contributed by atoms with van der Waals surface area (Å²) in [7, 11) is 1.43. The summed E-state index contributed by atoms with van der Waals surface area (Å²) in [4.78, 5) is 22.0. The molecule has 1 aliphatic rings. The zero-order valence-electron chi connectivity index (χ0n) is 23.1. The fourth-order valence-electron chi connectivity index (χ4n) is 5.26. The fraction of sp³-hybridized carbons (Fsp3) is 0.424. The molecule has 2 aromatic carbocycles. The van der Waals surface area contributed by atoms with E-state index in [1.807, 2.05) is 18.2 Å². The lowest BCUT2D eigenvalue weighted by Gasteiger charge is -2.21. The Kier molecular flexibility index (Phi) is 10.1. The molecule has 0 unspecified atom stereocenters. The molecule has 1 N–H and O–H groups in total. The van der Waals surface area contributed by atoms with E-state index >= 15 is 0 Å². The van der Waals surface area contributed by atoms with Crippen molar-refractivity contribution < 1.29 is 9.53 Å². The molecular weight excluding hydrogens is 470 g/mol. The maximum Gasteiger partial charge on any atom is 0.305 e. The second kappa shape index (κ2) is 13.9. The highest BCUT2D eigenvalue weighted by Gasteiger charge is 2.19. The number of carbonyl (C=O) groups is 1. The van der Waals surface area contributed by atoms with Gasteiger partial charge in [-0.3, -0.25) is 9.79 Å². The summed E-state index contributed by atoms with van der Waals surface area (Å²) in [6.45, 7) is 4.42. The van der Waals surface area contributed by atoms with Gasteiger partial charge in [0.05, 0.1) is 12.6 Å². The summed E-state index contributed by atoms with van der Waals surface area (Å²) >= 11 is 0. The van der Waals surface area contributed by atoms with Gasteiger partial charge in [-0.25, -0.2) is 4.98 Å². The number of hydrogen-bond donors (Lipinski definition) is 1. The molecule has 1 aliphatic carbocycles. The van der Waals surface area contributed by atoms with E-state index in [1.165, 1.54) is 38.5 Å². The second-order valence-corrected chi connectivity index (χ2v) is 10.2. The molecular formula is C33H41N3O2. The summed E-state index contributed by atoms with van der Waals surface area (Å²) in [5.41, 5.74) is 6.44. The quantitative estimate of drug-likeness (QED) is 0.177. The van der Waals surface area contributed by atoms with Crippen molar-refractivity contribution in [3.8, 4) is 0 Å². The smallest absolute Gasteiger partial charge is 0.305 e. The Hall–Kier alpha value is -3.47. The van der Waals surface area contributed by atoms with Crippen LogP contribution >= 0.6 is 0 Å². The van der Waals surface area contributed by atoms with Gasteiger partial charge in [0.2, 0.25) is 0 Å². The molecule has 200 valence electrons. The van der Waals surface area contributed by atoms with Crippen molar-refractivity contribution in [2.75, 3.05) is 12.4 Å². The number of aliphatic imine (C=N–C) groups is 1. The highest BCUT2D eigenvalue weighted by molar-refractivity contribution is 5.96. The van der Waals surface area contributed by atoms with Gasteiger partial charge >= 0.3 is 5.97 Å². The molecule has 0 atom stereocenters. The number of carbonyl (C=O) groups excluding carboxylic acids is 1. The van der Waals surface area contributed by atoms with Crippen molar-refractivity contribution in [2.45, 2.75) is 78.1 Å². The first-order valence-electron chi connectivity index (χ1n) is 14.1. The molecule has 5 heteroatoms. The highest BCUT2D eigenvalue weighted by atomic mass is 16.5. The van der Waals surface area contributed by atoms with Gasteiger partial charge in [-0.2, -0.15) is 0 Å². The summed E-state index contributed by atoms with van der Waals surface area (Å²) in [6, 6.07) is 16.5. The molecule has 5 nitrogen and oxygen atoms in total. The molecule has 1 heterocycles. The molecule has 38 heavy (non-hydrogen) atoms. The minimum atomic E-state index is -0.190. The highest BCUT2D eigenvalue weighted by Crippen LogP contribution is 2.36. The third-order valence-corrected chi connectivity index (χ3v) is 7.43. The lowest BCUT2D eigenvalue weighted by atomic mass is 9.89. The number of anilines is 2. The number of nitrogens with zero attached hydrogens (tertiary/aromatic N) is 2. The molecule has 0 spiro atoms. The van der Waals surface area contributed by atoms with E-state index in [9.17, 15) is 4.79 Å². The number of para-hydroxylation sites is 1. The number of benzene rings is 2. The molecule has 1 aromatic heterocycles. The first-order valence-corrected chi connectivity index (χ1v) is 14.1. The number of hydrogen-bond acceptors (Lipinski definition) is 5. The third-order valence-electron chi connectivity index (χ3n) is 7.43. The number of methoxy groups -OCH3 is 1. The van der Waals surface area contributed by atoms with E-state index in [2.05, 4.69) is 61.6 Å². The van der Waals surface area contributed by atoms with Gasteiger partial charge in [0.15, 0.2) is 5.82 Å². The maximum atomic E-state index is 11.5. The van der Waals surface area contributed by atoms with Crippen molar-refractivity contribution in [3.63, 3.8) is 0 Å². The van der Waals surface area contributed by atoms with Crippen molar-refractivity contribution in [1.82, 2.24) is 4.98 Å². The average molecular weight is 512 g/mol. The summed E-state index contributed by atoms with van der Waals surface area (Å²) < 4.78 is 4.77. The largest absolute Gasteiger partial charge is 0.469 e. The number of rotatable bonds is 9. The van der Waals surface area contributed by atoms with Crippen LogP contribution in [0.25, 0.3) is 10.9 Å². The van der Waals surface area contributed by atoms with Gasteiger partial charge < -0.3 is 10.1 Å². The molecule has 0 saturated heterocycles. The zero-order valence-corrected chi connectivity index (χ0v) is 23.1. The molecule has 3 aromatic rings. The number of aromatic nitrogens is 1. The minimum absolute atomic E-state index is 0.190. The van der Waals surface area contributed by atoms with Crippen LogP contribution in [0.15, 0.2) is 65.7 Å². The Balaban J connectivity index is 1.68. The van der Waals surface area contributed by atoms with E-state index in [0.717, 1.165) is 64.9 Å². The Labute approximate surface area is 227 Å². The van der Waals surface area contributed by atoms with Crippen LogP contribution in [0.3, 0.4) is 0 Å². The van der Waals surface area contributed by atoms with Crippen LogP contribution in [0.4, 0.5) is 17.2 Å². The van der Waals surface area contributed by atoms with Crippen molar-refractivity contribution in [2.24, 2.45) is 10.9 Å². The number of nitrogens with one attached hydrogen (secondary N) is 1. The number of fused-ring (bicyclic) bond motifs is 1. The standard InChI is InChI=1S/C33H41N3O2/c1-4-13-29(26-14-9-7-5-6-8-10-15-26)35-32-24(2)28-16-11-12-17-30(28)36-33(32)34-27-21-18-25(19-22-27)20-23-31(37)38-3/h5-6,11-12,16-19,21-22,26H,4,7-10,13-15,20,23H2,1-3H3,(H,34,36)/b6-5-,35-29?. The Morgan fingerprint density at radius 2 is 1.74 bits per heavy atom. The van der Waals surface area contributed by atoms with E-state index in [0.29, 0.717) is 18.8 Å². The van der Waals surface area contributed by atoms with Gasteiger partial charge in [0, 0.05) is 23.2 Å². The number of pyridine rings is 1. The van der Waals surface area contributed by atoms with Crippen LogP contribution in [-0.4, -0.2) is 23.8 Å². The summed E-state index contributed by atoms with van der Waals surface area (Å²) in [5.74, 6) is 1.12. The van der Waals surface area contributed by atoms with Gasteiger partial charge in [-0.15, -0.1) is 0 Å². The van der Waals surface area contributed by atoms with E-state index < -0.39 is 0 Å². The molecule has 0 amide bonds. The Bertz CT molecular complexity index is 1270.